The Balaban J connectivity index is 0.000000164. The number of carbonyl (C=O) groups excluding carboxylic acids is 4. The molecule has 0 aromatic heterocycles. The monoisotopic (exact) mass is 722 g/mol. The second kappa shape index (κ2) is 12.6. The van der Waals surface area contributed by atoms with E-state index < -0.39 is 52.4 Å². The lowest BCUT2D eigenvalue weighted by atomic mass is 9.44. The van der Waals surface area contributed by atoms with Crippen LogP contribution in [0.15, 0.2) is 35.5 Å². The number of carbonyl (C=O) groups is 4. The molecule has 14 atom stereocenters. The largest absolute Gasteiger partial charge is 0.390 e. The summed E-state index contributed by atoms with van der Waals surface area (Å²) in [6.07, 6.45) is 14.7. The number of aliphatic hydroxyl groups is 4. The van der Waals surface area contributed by atoms with E-state index in [4.69, 9.17) is 0 Å². The van der Waals surface area contributed by atoms with Gasteiger partial charge in [-0.2, -0.15) is 0 Å². The highest BCUT2D eigenvalue weighted by Crippen LogP contribution is 2.71. The van der Waals surface area contributed by atoms with Crippen molar-refractivity contribution in [1.82, 2.24) is 0 Å². The number of aliphatic hydroxyl groups excluding tert-OH is 3. The van der Waals surface area contributed by atoms with Crippen LogP contribution >= 0.6 is 0 Å². The Labute approximate surface area is 307 Å². The summed E-state index contributed by atoms with van der Waals surface area (Å²) in [5.74, 6) is 0.299. The van der Waals surface area contributed by atoms with E-state index in [0.717, 1.165) is 32.1 Å². The van der Waals surface area contributed by atoms with E-state index in [-0.39, 0.29) is 47.3 Å². The van der Waals surface area contributed by atoms with Crippen LogP contribution < -0.4 is 0 Å². The number of allylic oxidation sites excluding steroid dienone is 5. The lowest BCUT2D eigenvalue weighted by Crippen LogP contribution is -2.69. The maximum Gasteiger partial charge on any atom is 0.190 e. The number of rotatable bonds is 4. The summed E-state index contributed by atoms with van der Waals surface area (Å²) in [5, 5.41) is 41.3. The molecular weight excluding hydrogens is 663 g/mol. The lowest BCUT2D eigenvalue weighted by Gasteiger charge is -2.62. The molecule has 0 bridgehead atoms. The third kappa shape index (κ3) is 4.89. The lowest BCUT2D eigenvalue weighted by molar-refractivity contribution is -0.219. The number of ketones is 4. The minimum absolute atomic E-state index is 0.0596. The van der Waals surface area contributed by atoms with Gasteiger partial charge in [0.2, 0.25) is 0 Å². The molecule has 52 heavy (non-hydrogen) atoms. The van der Waals surface area contributed by atoms with Gasteiger partial charge in [0, 0.05) is 29.1 Å². The normalized spacial score (nSPS) is 50.2. The van der Waals surface area contributed by atoms with Crippen molar-refractivity contribution in [3.63, 3.8) is 0 Å². The Morgan fingerprint density at radius 3 is 2.25 bits per heavy atom. The van der Waals surface area contributed by atoms with Gasteiger partial charge in [0.05, 0.1) is 6.10 Å². The highest BCUT2D eigenvalue weighted by Gasteiger charge is 2.75. The van der Waals surface area contributed by atoms with Crippen molar-refractivity contribution in [2.75, 3.05) is 13.2 Å². The number of fused-ring (bicyclic) bond motifs is 10. The summed E-state index contributed by atoms with van der Waals surface area (Å²) in [5.41, 5.74) is -3.47. The molecule has 8 aliphatic carbocycles. The number of Topliss-reactive ketones (excluding diaryl/α,β-unsaturated/α-hetero) is 2. The topological polar surface area (TPSA) is 149 Å². The summed E-state index contributed by atoms with van der Waals surface area (Å²) < 4.78 is 16.9. The smallest absolute Gasteiger partial charge is 0.190 e. The molecule has 8 aliphatic rings. The molecule has 4 N–H and O–H groups in total. The quantitative estimate of drug-likeness (QED) is 0.294. The minimum atomic E-state index is -1.98. The molecule has 6 fully saturated rings. The Kier molecular flexibility index (Phi) is 9.20. The van der Waals surface area contributed by atoms with Crippen LogP contribution in [0.25, 0.3) is 0 Å². The van der Waals surface area contributed by atoms with Crippen LogP contribution in [0, 0.1) is 63.1 Å². The van der Waals surface area contributed by atoms with Gasteiger partial charge in [0.15, 0.2) is 28.8 Å². The van der Waals surface area contributed by atoms with E-state index in [0.29, 0.717) is 54.8 Å². The van der Waals surface area contributed by atoms with Gasteiger partial charge >= 0.3 is 0 Å². The van der Waals surface area contributed by atoms with Crippen LogP contribution in [0.3, 0.4) is 0 Å². The molecule has 286 valence electrons. The summed E-state index contributed by atoms with van der Waals surface area (Å²) in [6.45, 7) is 8.90. The van der Waals surface area contributed by atoms with E-state index in [1.165, 1.54) is 30.6 Å². The molecule has 0 heterocycles. The van der Waals surface area contributed by atoms with E-state index >= 15 is 4.39 Å². The third-order valence-electron chi connectivity index (χ3n) is 17.3. The first-order valence-electron chi connectivity index (χ1n) is 19.9. The highest BCUT2D eigenvalue weighted by atomic mass is 19.1. The van der Waals surface area contributed by atoms with E-state index in [9.17, 15) is 39.6 Å². The summed E-state index contributed by atoms with van der Waals surface area (Å²) in [6, 6.07) is 0. The summed E-state index contributed by atoms with van der Waals surface area (Å²) in [7, 11) is 0. The molecule has 0 aliphatic heterocycles. The third-order valence-corrected chi connectivity index (χ3v) is 17.3. The first kappa shape index (κ1) is 38.0. The van der Waals surface area contributed by atoms with Crippen molar-refractivity contribution in [2.24, 2.45) is 63.1 Å². The average molecular weight is 723 g/mol. The SMILES string of the molecule is C[C@@H]1C[C@H]2[C@@H]3CCC4=CC(=O)C=C[C@]4(C)[C@@]3(F)[C@@H](O)C[C@]2(C)[C@@]1(O)C(=O)CO.C[C@]12CC[C@H]3[C@@H](CCC4=CC(=O)CC[C@@]43C)[C@@H]1CC[C@@H]2C(=O)CO. The first-order chi connectivity index (χ1) is 24.4. The van der Waals surface area contributed by atoms with Gasteiger partial charge < -0.3 is 20.4 Å². The fraction of sp³-hybridized carbons (Fsp3) is 0.767. The second-order valence-corrected chi connectivity index (χ2v) is 19.0. The van der Waals surface area contributed by atoms with Gasteiger partial charge in [0.1, 0.15) is 18.8 Å². The highest BCUT2D eigenvalue weighted by molar-refractivity contribution is 6.01. The van der Waals surface area contributed by atoms with Gasteiger partial charge in [-0.15, -0.1) is 0 Å². The Morgan fingerprint density at radius 1 is 0.846 bits per heavy atom. The van der Waals surface area contributed by atoms with Crippen molar-refractivity contribution in [3.05, 3.63) is 35.5 Å². The van der Waals surface area contributed by atoms with Crippen molar-refractivity contribution in [3.8, 4) is 0 Å². The standard InChI is InChI=1S/C22H29FO5.C21H30O3/c1-12-8-16-15-5-4-13-9-14(25)6-7-19(13,2)21(15,23)17(26)10-20(16,3)22(12,28)18(27)11-24;1-20-9-7-14(23)11-13(20)3-4-15-16-5-6-18(19(24)12-22)21(16,2)10-8-17(15)20/h6-7,9,12,15-17,24,26,28H,4-5,8,10-11H2,1-3H3;11,15-18,22H,3-10,12H2,1-2H3/t12-,15+,16+,17+,19+,20+,21+,22+;15-,16-,17-,18+,20-,21-/m10/s1. The van der Waals surface area contributed by atoms with Crippen molar-refractivity contribution < 1.29 is 44.0 Å². The number of halogens is 1. The maximum atomic E-state index is 16.9. The predicted octanol–water partition coefficient (Wildman–Crippen LogP) is 5.59. The molecule has 0 radical (unpaired) electrons. The molecule has 0 unspecified atom stereocenters. The van der Waals surface area contributed by atoms with Gasteiger partial charge in [-0.25, -0.2) is 4.39 Å². The molecule has 0 aromatic carbocycles. The predicted molar refractivity (Wildman–Crippen MR) is 192 cm³/mol. The van der Waals surface area contributed by atoms with Gasteiger partial charge in [0.25, 0.3) is 0 Å². The maximum absolute atomic E-state index is 16.9. The van der Waals surface area contributed by atoms with E-state index in [2.05, 4.69) is 13.8 Å². The van der Waals surface area contributed by atoms with E-state index in [1.807, 2.05) is 6.08 Å². The molecule has 0 aromatic rings. The molecule has 9 heteroatoms. The van der Waals surface area contributed by atoms with Gasteiger partial charge in [-0.05, 0) is 136 Å². The van der Waals surface area contributed by atoms with Crippen LogP contribution in [0.4, 0.5) is 4.39 Å². The van der Waals surface area contributed by atoms with Crippen molar-refractivity contribution in [2.45, 2.75) is 129 Å². The minimum Gasteiger partial charge on any atom is -0.390 e. The van der Waals surface area contributed by atoms with Crippen LogP contribution in [0.5, 0.6) is 0 Å². The Hall–Kier alpha value is -2.33. The number of hydrogen-bond acceptors (Lipinski definition) is 8. The second-order valence-electron chi connectivity index (χ2n) is 19.0. The number of alkyl halides is 1. The molecule has 8 rings (SSSR count). The summed E-state index contributed by atoms with van der Waals surface area (Å²) in [4.78, 5) is 48.5. The fourth-order valence-corrected chi connectivity index (χ4v) is 14.5. The van der Waals surface area contributed by atoms with Crippen molar-refractivity contribution >= 4 is 23.1 Å². The zero-order valence-corrected chi connectivity index (χ0v) is 31.6. The molecule has 8 nitrogen and oxygen atoms in total. The Bertz CT molecular complexity index is 1650. The summed E-state index contributed by atoms with van der Waals surface area (Å²) >= 11 is 0. The zero-order chi connectivity index (χ0) is 37.8. The van der Waals surface area contributed by atoms with Crippen LogP contribution in [0.2, 0.25) is 0 Å². The van der Waals surface area contributed by atoms with Gasteiger partial charge in [-0.1, -0.05) is 44.9 Å². The van der Waals surface area contributed by atoms with Crippen LogP contribution in [-0.2, 0) is 19.2 Å². The average Bonchev–Trinajstić information content (AvgIpc) is 3.56. The number of hydrogen-bond donors (Lipinski definition) is 4. The molecule has 0 saturated heterocycles. The zero-order valence-electron chi connectivity index (χ0n) is 31.6. The molecule has 6 saturated carbocycles. The molecular formula is C43H59FO8. The van der Waals surface area contributed by atoms with Crippen molar-refractivity contribution in [1.29, 1.82) is 0 Å². The Morgan fingerprint density at radius 2 is 1.56 bits per heavy atom. The van der Waals surface area contributed by atoms with Crippen LogP contribution in [-0.4, -0.2) is 74.1 Å². The molecule has 0 spiro atoms. The van der Waals surface area contributed by atoms with Crippen LogP contribution in [0.1, 0.15) is 112 Å². The fourth-order valence-electron chi connectivity index (χ4n) is 14.5. The van der Waals surface area contributed by atoms with E-state index in [1.54, 1.807) is 26.8 Å². The molecule has 0 amide bonds. The first-order valence-corrected chi connectivity index (χ1v) is 19.9. The van der Waals surface area contributed by atoms with Gasteiger partial charge in [-0.3, -0.25) is 19.2 Å².